The number of carbonyl (C=O) groups excluding carboxylic acids is 2. The van der Waals surface area contributed by atoms with Crippen molar-refractivity contribution >= 4 is 11.6 Å². The van der Waals surface area contributed by atoms with E-state index in [0.717, 1.165) is 24.4 Å². The predicted octanol–water partition coefficient (Wildman–Crippen LogP) is 3.81. The number of hydrogen-bond acceptors (Lipinski definition) is 4. The van der Waals surface area contributed by atoms with Crippen LogP contribution in [0.3, 0.4) is 0 Å². The molecule has 0 N–H and O–H groups in total. The van der Waals surface area contributed by atoms with Crippen molar-refractivity contribution in [3.63, 3.8) is 0 Å². The lowest BCUT2D eigenvalue weighted by atomic mass is 9.87. The number of ether oxygens (including phenoxy) is 1. The molecule has 0 aliphatic heterocycles. The normalized spacial score (nSPS) is 14.1. The third-order valence-electron chi connectivity index (χ3n) is 3.55. The number of Topliss-reactive ketones (excluding diaryl/α,β-unsaturated/α-hetero) is 1. The summed E-state index contributed by atoms with van der Waals surface area (Å²) in [5.41, 5.74) is -0.855. The van der Waals surface area contributed by atoms with Crippen molar-refractivity contribution in [2.24, 2.45) is 0 Å². The highest BCUT2D eigenvalue weighted by Crippen LogP contribution is 2.27. The van der Waals surface area contributed by atoms with Gasteiger partial charge in [-0.2, -0.15) is 0 Å². The van der Waals surface area contributed by atoms with E-state index in [1.54, 1.807) is 0 Å². The van der Waals surface area contributed by atoms with Crippen LogP contribution in [0.5, 0.6) is 5.75 Å². The average Bonchev–Trinajstić information content (AvgIpc) is 2.52. The van der Waals surface area contributed by atoms with Gasteiger partial charge in [-0.3, -0.25) is 14.6 Å². The monoisotopic (exact) mass is 369 g/mol. The van der Waals surface area contributed by atoms with Gasteiger partial charge >= 0.3 is 6.36 Å². The molecule has 1 aliphatic carbocycles. The van der Waals surface area contributed by atoms with Crippen molar-refractivity contribution in [3.05, 3.63) is 70.6 Å². The molecule has 0 saturated heterocycles. The van der Waals surface area contributed by atoms with Gasteiger partial charge in [0.25, 0.3) is 0 Å². The van der Waals surface area contributed by atoms with Gasteiger partial charge in [-0.15, -0.1) is 13.2 Å². The lowest BCUT2D eigenvalue weighted by Gasteiger charge is -2.16. The van der Waals surface area contributed by atoms with Crippen LogP contribution in [0.25, 0.3) is 0 Å². The number of ketones is 2. The van der Waals surface area contributed by atoms with E-state index in [1.807, 2.05) is 0 Å². The SMILES string of the molecule is O=C1C=C(Cc2ccc(OC(F)(F)F)cn2)C(=O)c2c(F)cc(F)cc21. The third-order valence-corrected chi connectivity index (χ3v) is 3.55. The van der Waals surface area contributed by atoms with E-state index in [0.29, 0.717) is 6.07 Å². The van der Waals surface area contributed by atoms with Crippen LogP contribution in [0.4, 0.5) is 22.0 Å². The first-order valence-electron chi connectivity index (χ1n) is 7.13. The quantitative estimate of drug-likeness (QED) is 0.773. The van der Waals surface area contributed by atoms with Crippen LogP contribution in [0.1, 0.15) is 26.4 Å². The molecular formula is C17H8F5NO3. The first-order valence-corrected chi connectivity index (χ1v) is 7.13. The number of allylic oxidation sites excluding steroid dienone is 2. The molecule has 1 aromatic heterocycles. The Morgan fingerprint density at radius 2 is 1.81 bits per heavy atom. The summed E-state index contributed by atoms with van der Waals surface area (Å²) in [6.45, 7) is 0. The molecule has 0 unspecified atom stereocenters. The maximum absolute atomic E-state index is 13.9. The highest BCUT2D eigenvalue weighted by atomic mass is 19.4. The van der Waals surface area contributed by atoms with E-state index in [9.17, 15) is 31.5 Å². The molecule has 0 bridgehead atoms. The number of benzene rings is 1. The second-order valence-corrected chi connectivity index (χ2v) is 5.38. The van der Waals surface area contributed by atoms with Crippen LogP contribution in [0, 0.1) is 11.6 Å². The van der Waals surface area contributed by atoms with Crippen LogP contribution in [0.2, 0.25) is 0 Å². The number of carbonyl (C=O) groups is 2. The Balaban J connectivity index is 1.85. The number of pyridine rings is 1. The zero-order valence-corrected chi connectivity index (χ0v) is 12.7. The van der Waals surface area contributed by atoms with Crippen LogP contribution >= 0.6 is 0 Å². The first kappa shape index (κ1) is 17.7. The highest BCUT2D eigenvalue weighted by Gasteiger charge is 2.32. The third kappa shape index (κ3) is 3.61. The molecule has 0 fully saturated rings. The summed E-state index contributed by atoms with van der Waals surface area (Å²) in [5.74, 6) is -4.25. The molecule has 0 atom stereocenters. The zero-order valence-electron chi connectivity index (χ0n) is 12.7. The largest absolute Gasteiger partial charge is 0.573 e. The highest BCUT2D eigenvalue weighted by molar-refractivity contribution is 6.24. The van der Waals surface area contributed by atoms with Crippen molar-refractivity contribution in [2.45, 2.75) is 12.8 Å². The van der Waals surface area contributed by atoms with Crippen molar-refractivity contribution in [1.82, 2.24) is 4.98 Å². The number of fused-ring (bicyclic) bond motifs is 1. The van der Waals surface area contributed by atoms with Crippen molar-refractivity contribution in [3.8, 4) is 5.75 Å². The van der Waals surface area contributed by atoms with Crippen molar-refractivity contribution in [1.29, 1.82) is 0 Å². The van der Waals surface area contributed by atoms with Gasteiger partial charge in [0.15, 0.2) is 11.6 Å². The molecule has 26 heavy (non-hydrogen) atoms. The summed E-state index contributed by atoms with van der Waals surface area (Å²) in [5, 5.41) is 0. The minimum absolute atomic E-state index is 0.106. The molecule has 3 rings (SSSR count). The fourth-order valence-corrected chi connectivity index (χ4v) is 2.50. The number of alkyl halides is 3. The minimum Gasteiger partial charge on any atom is -0.404 e. The van der Waals surface area contributed by atoms with E-state index >= 15 is 0 Å². The van der Waals surface area contributed by atoms with Gasteiger partial charge in [0, 0.05) is 29.3 Å². The fraction of sp³-hybridized carbons (Fsp3) is 0.118. The summed E-state index contributed by atoms with van der Waals surface area (Å²) >= 11 is 0. The molecule has 1 aromatic carbocycles. The number of hydrogen-bond donors (Lipinski definition) is 0. The number of aromatic nitrogens is 1. The maximum Gasteiger partial charge on any atom is 0.573 e. The summed E-state index contributed by atoms with van der Waals surface area (Å²) in [4.78, 5) is 28.1. The molecule has 4 nitrogen and oxygen atoms in total. The lowest BCUT2D eigenvalue weighted by Crippen LogP contribution is -2.21. The number of nitrogens with zero attached hydrogens (tertiary/aromatic N) is 1. The van der Waals surface area contributed by atoms with E-state index in [4.69, 9.17) is 0 Å². The molecule has 9 heteroatoms. The fourth-order valence-electron chi connectivity index (χ4n) is 2.50. The van der Waals surface area contributed by atoms with E-state index in [2.05, 4.69) is 9.72 Å². The van der Waals surface area contributed by atoms with Gasteiger partial charge in [0.2, 0.25) is 0 Å². The van der Waals surface area contributed by atoms with Crippen molar-refractivity contribution < 1.29 is 36.3 Å². The standard InChI is InChI=1S/C17H8F5NO3/c18-9-5-12-14(24)4-8(16(25)15(12)13(19)6-9)3-10-1-2-11(7-23-10)26-17(20,21)22/h1-2,4-7H,3H2. The minimum atomic E-state index is -4.87. The molecule has 0 amide bonds. The summed E-state index contributed by atoms with van der Waals surface area (Å²) in [6.07, 6.45) is -3.34. The van der Waals surface area contributed by atoms with Gasteiger partial charge in [0.05, 0.1) is 11.8 Å². The Morgan fingerprint density at radius 1 is 1.08 bits per heavy atom. The van der Waals surface area contributed by atoms with Crippen LogP contribution in [-0.2, 0) is 6.42 Å². The van der Waals surface area contributed by atoms with Crippen LogP contribution in [0.15, 0.2) is 42.1 Å². The van der Waals surface area contributed by atoms with Crippen LogP contribution < -0.4 is 4.74 Å². The topological polar surface area (TPSA) is 56.3 Å². The summed E-state index contributed by atoms with van der Waals surface area (Å²) < 4.78 is 67.1. The average molecular weight is 369 g/mol. The van der Waals surface area contributed by atoms with Crippen LogP contribution in [-0.4, -0.2) is 22.9 Å². The smallest absolute Gasteiger partial charge is 0.404 e. The second kappa shape index (κ2) is 6.32. The van der Waals surface area contributed by atoms with Gasteiger partial charge in [-0.1, -0.05) is 0 Å². The Morgan fingerprint density at radius 3 is 2.42 bits per heavy atom. The molecule has 1 aliphatic rings. The Hall–Kier alpha value is -3.10. The molecule has 0 radical (unpaired) electrons. The van der Waals surface area contributed by atoms with Gasteiger partial charge in [-0.25, -0.2) is 8.78 Å². The van der Waals surface area contributed by atoms with Gasteiger partial charge < -0.3 is 4.74 Å². The van der Waals surface area contributed by atoms with E-state index in [1.165, 1.54) is 6.07 Å². The predicted molar refractivity (Wildman–Crippen MR) is 77.7 cm³/mol. The van der Waals surface area contributed by atoms with Gasteiger partial charge in [-0.05, 0) is 24.3 Å². The Bertz CT molecular complexity index is 933. The zero-order chi connectivity index (χ0) is 19.1. The van der Waals surface area contributed by atoms with Crippen molar-refractivity contribution in [2.75, 3.05) is 0 Å². The Labute approximate surface area is 142 Å². The van der Waals surface area contributed by atoms with Gasteiger partial charge in [0.1, 0.15) is 17.4 Å². The van der Waals surface area contributed by atoms with E-state index in [-0.39, 0.29) is 23.3 Å². The molecule has 1 heterocycles. The molecule has 134 valence electrons. The molecule has 2 aromatic rings. The maximum atomic E-state index is 13.9. The molecule has 0 saturated carbocycles. The van der Waals surface area contributed by atoms with E-state index < -0.39 is 40.9 Å². The number of rotatable bonds is 3. The first-order chi connectivity index (χ1) is 12.1. The summed E-state index contributed by atoms with van der Waals surface area (Å²) in [7, 11) is 0. The molecular weight excluding hydrogens is 361 g/mol. The summed E-state index contributed by atoms with van der Waals surface area (Å²) in [6, 6.07) is 3.44. The Kier molecular flexibility index (Phi) is 4.31. The number of halogens is 5. The molecule has 0 spiro atoms. The lowest BCUT2D eigenvalue weighted by molar-refractivity contribution is -0.274. The second-order valence-electron chi connectivity index (χ2n) is 5.38.